The second-order valence-corrected chi connectivity index (χ2v) is 6.16. The average molecular weight is 292 g/mol. The molecule has 0 saturated heterocycles. The van der Waals surface area contributed by atoms with Crippen LogP contribution in [0.2, 0.25) is 0 Å². The molecule has 0 aliphatic heterocycles. The molecule has 0 aromatic carbocycles. The summed E-state index contributed by atoms with van der Waals surface area (Å²) in [7, 11) is 0. The standard InChI is InChI=1S/C11H18BrNOS/c1-4-13(8-11(2,3)14)7-10-9(12)5-6-15-10/h5-6,14H,4,7-8H2,1-3H3. The third-order valence-electron chi connectivity index (χ3n) is 2.12. The first kappa shape index (κ1) is 13.2. The van der Waals surface area contributed by atoms with E-state index in [1.54, 1.807) is 11.3 Å². The number of likely N-dealkylation sites (N-methyl/N-ethyl adjacent to an activating group) is 1. The van der Waals surface area contributed by atoms with Crippen LogP contribution in [0.1, 0.15) is 25.6 Å². The Balaban J connectivity index is 2.58. The Bertz CT molecular complexity index is 306. The van der Waals surface area contributed by atoms with Crippen LogP contribution in [0.25, 0.3) is 0 Å². The van der Waals surface area contributed by atoms with Gasteiger partial charge in [-0.15, -0.1) is 11.3 Å². The molecule has 0 unspecified atom stereocenters. The number of thiophene rings is 1. The molecule has 86 valence electrons. The van der Waals surface area contributed by atoms with Crippen molar-refractivity contribution in [3.63, 3.8) is 0 Å². The van der Waals surface area contributed by atoms with E-state index in [1.165, 1.54) is 9.35 Å². The molecule has 0 fully saturated rings. The van der Waals surface area contributed by atoms with Gasteiger partial charge in [0.25, 0.3) is 0 Å². The average Bonchev–Trinajstić information content (AvgIpc) is 2.48. The second kappa shape index (κ2) is 5.43. The maximum absolute atomic E-state index is 9.77. The van der Waals surface area contributed by atoms with Crippen molar-refractivity contribution >= 4 is 27.3 Å². The van der Waals surface area contributed by atoms with Crippen LogP contribution in [0.15, 0.2) is 15.9 Å². The van der Waals surface area contributed by atoms with E-state index in [1.807, 2.05) is 13.8 Å². The molecule has 1 aromatic rings. The summed E-state index contributed by atoms with van der Waals surface area (Å²) in [6.45, 7) is 8.37. The molecule has 1 aromatic heterocycles. The number of aliphatic hydroxyl groups is 1. The van der Waals surface area contributed by atoms with E-state index in [-0.39, 0.29) is 0 Å². The highest BCUT2D eigenvalue weighted by atomic mass is 79.9. The van der Waals surface area contributed by atoms with Gasteiger partial charge in [-0.1, -0.05) is 6.92 Å². The van der Waals surface area contributed by atoms with Crippen LogP contribution in [-0.2, 0) is 6.54 Å². The van der Waals surface area contributed by atoms with E-state index >= 15 is 0 Å². The number of nitrogens with zero attached hydrogens (tertiary/aromatic N) is 1. The van der Waals surface area contributed by atoms with Crippen molar-refractivity contribution in [2.24, 2.45) is 0 Å². The van der Waals surface area contributed by atoms with E-state index in [9.17, 15) is 5.11 Å². The second-order valence-electron chi connectivity index (χ2n) is 4.31. The molecule has 1 N–H and O–H groups in total. The Morgan fingerprint density at radius 1 is 1.53 bits per heavy atom. The fourth-order valence-electron chi connectivity index (χ4n) is 1.47. The Morgan fingerprint density at radius 3 is 2.60 bits per heavy atom. The van der Waals surface area contributed by atoms with Gasteiger partial charge in [0.2, 0.25) is 0 Å². The summed E-state index contributed by atoms with van der Waals surface area (Å²) >= 11 is 5.27. The summed E-state index contributed by atoms with van der Waals surface area (Å²) in [5.41, 5.74) is -0.625. The molecule has 0 spiro atoms. The molecule has 2 nitrogen and oxygen atoms in total. The number of hydrogen-bond acceptors (Lipinski definition) is 3. The van der Waals surface area contributed by atoms with Gasteiger partial charge in [-0.05, 0) is 47.8 Å². The van der Waals surface area contributed by atoms with Crippen molar-refractivity contribution < 1.29 is 5.11 Å². The van der Waals surface area contributed by atoms with Crippen LogP contribution in [0.4, 0.5) is 0 Å². The van der Waals surface area contributed by atoms with E-state index in [4.69, 9.17) is 0 Å². The number of rotatable bonds is 5. The van der Waals surface area contributed by atoms with Crippen molar-refractivity contribution in [3.05, 3.63) is 20.8 Å². The smallest absolute Gasteiger partial charge is 0.0718 e. The molecule has 0 amide bonds. The fourth-order valence-corrected chi connectivity index (χ4v) is 2.99. The summed E-state index contributed by atoms with van der Waals surface area (Å²) in [5.74, 6) is 0. The highest BCUT2D eigenvalue weighted by Crippen LogP contribution is 2.24. The Morgan fingerprint density at radius 2 is 2.20 bits per heavy atom. The molecular formula is C11H18BrNOS. The van der Waals surface area contributed by atoms with Crippen LogP contribution < -0.4 is 0 Å². The largest absolute Gasteiger partial charge is 0.389 e. The summed E-state index contributed by atoms with van der Waals surface area (Å²) in [6, 6.07) is 2.07. The molecule has 1 rings (SSSR count). The molecule has 0 saturated carbocycles. The van der Waals surface area contributed by atoms with E-state index < -0.39 is 5.60 Å². The molecule has 15 heavy (non-hydrogen) atoms. The quantitative estimate of drug-likeness (QED) is 0.901. The summed E-state index contributed by atoms with van der Waals surface area (Å²) in [6.07, 6.45) is 0. The van der Waals surface area contributed by atoms with Gasteiger partial charge in [0.1, 0.15) is 0 Å². The molecule has 0 bridgehead atoms. The lowest BCUT2D eigenvalue weighted by molar-refractivity contribution is 0.0356. The zero-order valence-electron chi connectivity index (χ0n) is 9.46. The van der Waals surface area contributed by atoms with Crippen LogP contribution in [0, 0.1) is 0 Å². The molecular weight excluding hydrogens is 274 g/mol. The Labute approximate surface area is 104 Å². The molecule has 1 heterocycles. The van der Waals surface area contributed by atoms with E-state index in [0.29, 0.717) is 6.54 Å². The lowest BCUT2D eigenvalue weighted by Gasteiger charge is -2.27. The van der Waals surface area contributed by atoms with Crippen molar-refractivity contribution in [3.8, 4) is 0 Å². The van der Waals surface area contributed by atoms with Gasteiger partial charge in [-0.25, -0.2) is 0 Å². The first-order chi connectivity index (χ1) is 6.92. The fraction of sp³-hybridized carbons (Fsp3) is 0.636. The van der Waals surface area contributed by atoms with Gasteiger partial charge in [-0.2, -0.15) is 0 Å². The SMILES string of the molecule is CCN(Cc1sccc1Br)CC(C)(C)O. The van der Waals surface area contributed by atoms with Crippen molar-refractivity contribution in [2.45, 2.75) is 32.9 Å². The van der Waals surface area contributed by atoms with Gasteiger partial charge in [0, 0.05) is 22.4 Å². The first-order valence-corrected chi connectivity index (χ1v) is 6.76. The van der Waals surface area contributed by atoms with Crippen LogP contribution in [-0.4, -0.2) is 28.7 Å². The van der Waals surface area contributed by atoms with Gasteiger partial charge in [0.15, 0.2) is 0 Å². The zero-order chi connectivity index (χ0) is 11.5. The molecule has 4 heteroatoms. The van der Waals surface area contributed by atoms with Crippen molar-refractivity contribution in [1.82, 2.24) is 4.90 Å². The minimum absolute atomic E-state index is 0.625. The van der Waals surface area contributed by atoms with Crippen molar-refractivity contribution in [1.29, 1.82) is 0 Å². The van der Waals surface area contributed by atoms with Crippen LogP contribution in [0.3, 0.4) is 0 Å². The van der Waals surface area contributed by atoms with Gasteiger partial charge < -0.3 is 5.11 Å². The molecule has 0 radical (unpaired) electrons. The third kappa shape index (κ3) is 4.64. The molecule has 0 atom stereocenters. The minimum atomic E-state index is -0.625. The monoisotopic (exact) mass is 291 g/mol. The lowest BCUT2D eigenvalue weighted by Crippen LogP contribution is -2.38. The number of hydrogen-bond donors (Lipinski definition) is 1. The van der Waals surface area contributed by atoms with Gasteiger partial charge in [0.05, 0.1) is 5.60 Å². The maximum Gasteiger partial charge on any atom is 0.0718 e. The highest BCUT2D eigenvalue weighted by molar-refractivity contribution is 9.10. The van der Waals surface area contributed by atoms with Crippen LogP contribution >= 0.6 is 27.3 Å². The molecule has 0 aliphatic rings. The predicted octanol–water partition coefficient (Wildman–Crippen LogP) is 3.10. The first-order valence-electron chi connectivity index (χ1n) is 5.09. The zero-order valence-corrected chi connectivity index (χ0v) is 11.9. The third-order valence-corrected chi connectivity index (χ3v) is 4.03. The normalized spacial score (nSPS) is 12.4. The molecule has 0 aliphatic carbocycles. The summed E-state index contributed by atoms with van der Waals surface area (Å²) < 4.78 is 1.17. The number of halogens is 1. The van der Waals surface area contributed by atoms with Gasteiger partial charge >= 0.3 is 0 Å². The summed E-state index contributed by atoms with van der Waals surface area (Å²) in [4.78, 5) is 3.57. The van der Waals surface area contributed by atoms with E-state index in [2.05, 4.69) is 39.2 Å². The minimum Gasteiger partial charge on any atom is -0.389 e. The Kier molecular flexibility index (Phi) is 4.77. The van der Waals surface area contributed by atoms with Crippen molar-refractivity contribution in [2.75, 3.05) is 13.1 Å². The lowest BCUT2D eigenvalue weighted by atomic mass is 10.1. The summed E-state index contributed by atoms with van der Waals surface area (Å²) in [5, 5.41) is 11.8. The van der Waals surface area contributed by atoms with Gasteiger partial charge in [-0.3, -0.25) is 4.90 Å². The topological polar surface area (TPSA) is 23.5 Å². The Hall–Kier alpha value is 0.1000. The predicted molar refractivity (Wildman–Crippen MR) is 69.3 cm³/mol. The highest BCUT2D eigenvalue weighted by Gasteiger charge is 2.18. The maximum atomic E-state index is 9.77. The van der Waals surface area contributed by atoms with E-state index in [0.717, 1.165) is 13.1 Å². The van der Waals surface area contributed by atoms with Crippen LogP contribution in [0.5, 0.6) is 0 Å².